The molecule has 0 saturated carbocycles. The summed E-state index contributed by atoms with van der Waals surface area (Å²) in [5, 5.41) is 3.82. The third kappa shape index (κ3) is 4.16. The van der Waals surface area contributed by atoms with Gasteiger partial charge in [0.1, 0.15) is 11.5 Å². The van der Waals surface area contributed by atoms with Crippen LogP contribution in [0.15, 0.2) is 59.0 Å². The van der Waals surface area contributed by atoms with E-state index in [0.29, 0.717) is 27.9 Å². The van der Waals surface area contributed by atoms with Gasteiger partial charge in [0.15, 0.2) is 5.76 Å². The predicted octanol–water partition coefficient (Wildman–Crippen LogP) is 5.19. The Bertz CT molecular complexity index is 888. The van der Waals surface area contributed by atoms with E-state index in [2.05, 4.69) is 5.32 Å². The highest BCUT2D eigenvalue weighted by atomic mass is 35.5. The average molecular weight is 376 g/mol. The van der Waals surface area contributed by atoms with Gasteiger partial charge in [-0.1, -0.05) is 35.3 Å². The van der Waals surface area contributed by atoms with Crippen LogP contribution < -0.4 is 10.1 Å². The molecule has 2 aromatic carbocycles. The van der Waals surface area contributed by atoms with Gasteiger partial charge in [-0.2, -0.15) is 0 Å². The zero-order chi connectivity index (χ0) is 17.8. The fourth-order valence-corrected chi connectivity index (χ4v) is 2.81. The molecule has 1 amide bonds. The number of rotatable bonds is 5. The number of methoxy groups -OCH3 is 1. The van der Waals surface area contributed by atoms with E-state index in [0.717, 1.165) is 11.3 Å². The Balaban J connectivity index is 1.67. The summed E-state index contributed by atoms with van der Waals surface area (Å²) in [6.45, 7) is 0.389. The number of ether oxygens (including phenoxy) is 1. The number of carbonyl (C=O) groups is 1. The van der Waals surface area contributed by atoms with E-state index in [4.69, 9.17) is 32.4 Å². The monoisotopic (exact) mass is 375 g/mol. The molecule has 0 unspecified atom stereocenters. The third-order valence-electron chi connectivity index (χ3n) is 3.64. The van der Waals surface area contributed by atoms with Crippen molar-refractivity contribution in [3.63, 3.8) is 0 Å². The smallest absolute Gasteiger partial charge is 0.287 e. The lowest BCUT2D eigenvalue weighted by molar-refractivity contribution is 0.0924. The number of hydrogen-bond acceptors (Lipinski definition) is 3. The standard InChI is InChI=1S/C19H15Cl2NO3/c1-24-14-5-2-12(3-6-14)11-22-19(23)18-9-8-17(25-18)15-7-4-13(20)10-16(15)21/h2-10H,11H2,1H3,(H,22,23). The van der Waals surface area contributed by atoms with Gasteiger partial charge in [-0.15, -0.1) is 0 Å². The molecule has 6 heteroatoms. The normalized spacial score (nSPS) is 10.5. The van der Waals surface area contributed by atoms with Gasteiger partial charge in [0.2, 0.25) is 0 Å². The molecule has 1 heterocycles. The minimum atomic E-state index is -0.299. The Labute approximate surface area is 155 Å². The second-order valence-electron chi connectivity index (χ2n) is 5.32. The number of hydrogen-bond donors (Lipinski definition) is 1. The number of carbonyl (C=O) groups excluding carboxylic acids is 1. The molecule has 0 atom stereocenters. The van der Waals surface area contributed by atoms with Crippen LogP contribution in [0.3, 0.4) is 0 Å². The van der Waals surface area contributed by atoms with E-state index in [1.807, 2.05) is 24.3 Å². The second-order valence-corrected chi connectivity index (χ2v) is 6.16. The van der Waals surface area contributed by atoms with Crippen LogP contribution in [0.2, 0.25) is 10.0 Å². The van der Waals surface area contributed by atoms with Crippen molar-refractivity contribution in [2.24, 2.45) is 0 Å². The fraction of sp³-hybridized carbons (Fsp3) is 0.105. The summed E-state index contributed by atoms with van der Waals surface area (Å²) in [5.74, 6) is 1.20. The molecule has 1 N–H and O–H groups in total. The quantitative estimate of drug-likeness (QED) is 0.667. The number of halogens is 2. The maximum atomic E-state index is 12.2. The highest BCUT2D eigenvalue weighted by molar-refractivity contribution is 6.36. The molecule has 0 fully saturated rings. The predicted molar refractivity (Wildman–Crippen MR) is 98.3 cm³/mol. The highest BCUT2D eigenvalue weighted by Gasteiger charge is 2.14. The van der Waals surface area contributed by atoms with Gasteiger partial charge in [-0.05, 0) is 48.0 Å². The first-order valence-electron chi connectivity index (χ1n) is 7.53. The molecular formula is C19H15Cl2NO3. The van der Waals surface area contributed by atoms with Gasteiger partial charge in [-0.3, -0.25) is 4.79 Å². The van der Waals surface area contributed by atoms with Crippen molar-refractivity contribution in [1.82, 2.24) is 5.32 Å². The van der Waals surface area contributed by atoms with E-state index >= 15 is 0 Å². The molecule has 0 aliphatic rings. The summed E-state index contributed by atoms with van der Waals surface area (Å²) in [5.41, 5.74) is 1.64. The summed E-state index contributed by atoms with van der Waals surface area (Å²) in [4.78, 5) is 12.2. The maximum Gasteiger partial charge on any atom is 0.287 e. The van der Waals surface area contributed by atoms with Crippen molar-refractivity contribution in [2.75, 3.05) is 7.11 Å². The lowest BCUT2D eigenvalue weighted by Crippen LogP contribution is -2.22. The molecule has 4 nitrogen and oxygen atoms in total. The molecule has 0 saturated heterocycles. The number of furan rings is 1. The Morgan fingerprint density at radius 3 is 2.52 bits per heavy atom. The van der Waals surface area contributed by atoms with Crippen LogP contribution in [0.5, 0.6) is 5.75 Å². The summed E-state index contributed by atoms with van der Waals surface area (Å²) in [6, 6.07) is 15.9. The fourth-order valence-electron chi connectivity index (χ4n) is 2.31. The molecule has 0 aliphatic heterocycles. The molecule has 3 rings (SSSR count). The molecule has 25 heavy (non-hydrogen) atoms. The van der Waals surface area contributed by atoms with Crippen LogP contribution in [0, 0.1) is 0 Å². The van der Waals surface area contributed by atoms with Gasteiger partial charge < -0.3 is 14.5 Å². The SMILES string of the molecule is COc1ccc(CNC(=O)c2ccc(-c3ccc(Cl)cc3Cl)o2)cc1. The zero-order valence-corrected chi connectivity index (χ0v) is 14.9. The van der Waals surface area contributed by atoms with Gasteiger partial charge in [0.25, 0.3) is 5.91 Å². The van der Waals surface area contributed by atoms with E-state index in [1.165, 1.54) is 0 Å². The molecule has 0 bridgehead atoms. The topological polar surface area (TPSA) is 51.5 Å². The zero-order valence-electron chi connectivity index (χ0n) is 13.4. The Kier molecular flexibility index (Phi) is 5.31. The van der Waals surface area contributed by atoms with E-state index in [-0.39, 0.29) is 11.7 Å². The van der Waals surface area contributed by atoms with E-state index in [9.17, 15) is 4.79 Å². The summed E-state index contributed by atoms with van der Waals surface area (Å²) in [6.07, 6.45) is 0. The Hall–Kier alpha value is -2.43. The van der Waals surface area contributed by atoms with Crippen LogP contribution in [0.1, 0.15) is 16.1 Å². The molecule has 128 valence electrons. The summed E-state index contributed by atoms with van der Waals surface area (Å²) >= 11 is 12.1. The average Bonchev–Trinajstić information content (AvgIpc) is 3.10. The molecule has 0 radical (unpaired) electrons. The summed E-state index contributed by atoms with van der Waals surface area (Å²) < 4.78 is 10.7. The van der Waals surface area contributed by atoms with Crippen LogP contribution in [0.25, 0.3) is 11.3 Å². The van der Waals surface area contributed by atoms with Crippen LogP contribution in [0.4, 0.5) is 0 Å². The van der Waals surface area contributed by atoms with Gasteiger partial charge in [-0.25, -0.2) is 0 Å². The van der Waals surface area contributed by atoms with Crippen molar-refractivity contribution >= 4 is 29.1 Å². The Morgan fingerprint density at radius 2 is 1.84 bits per heavy atom. The lowest BCUT2D eigenvalue weighted by atomic mass is 10.2. The first-order valence-corrected chi connectivity index (χ1v) is 8.29. The van der Waals surface area contributed by atoms with Gasteiger partial charge >= 0.3 is 0 Å². The summed E-state index contributed by atoms with van der Waals surface area (Å²) in [7, 11) is 1.61. The van der Waals surface area contributed by atoms with E-state index < -0.39 is 0 Å². The van der Waals surface area contributed by atoms with Crippen LogP contribution in [-0.2, 0) is 6.54 Å². The highest BCUT2D eigenvalue weighted by Crippen LogP contribution is 2.31. The third-order valence-corrected chi connectivity index (χ3v) is 4.19. The minimum Gasteiger partial charge on any atom is -0.497 e. The first-order chi connectivity index (χ1) is 12.1. The van der Waals surface area contributed by atoms with Crippen molar-refractivity contribution in [3.8, 4) is 17.1 Å². The number of benzene rings is 2. The van der Waals surface area contributed by atoms with Crippen molar-refractivity contribution in [1.29, 1.82) is 0 Å². The van der Waals surface area contributed by atoms with Crippen molar-refractivity contribution in [3.05, 3.63) is 76.0 Å². The first kappa shape index (κ1) is 17.4. The minimum absolute atomic E-state index is 0.217. The largest absolute Gasteiger partial charge is 0.497 e. The van der Waals surface area contributed by atoms with Gasteiger partial charge in [0, 0.05) is 17.1 Å². The second kappa shape index (κ2) is 7.64. The molecule has 3 aromatic rings. The lowest BCUT2D eigenvalue weighted by Gasteiger charge is -2.05. The molecular weight excluding hydrogens is 361 g/mol. The Morgan fingerprint density at radius 1 is 1.08 bits per heavy atom. The van der Waals surface area contributed by atoms with Crippen LogP contribution >= 0.6 is 23.2 Å². The van der Waals surface area contributed by atoms with Crippen molar-refractivity contribution < 1.29 is 13.9 Å². The molecule has 0 spiro atoms. The van der Waals surface area contributed by atoms with Crippen LogP contribution in [-0.4, -0.2) is 13.0 Å². The molecule has 1 aromatic heterocycles. The number of amides is 1. The number of nitrogens with one attached hydrogen (secondary N) is 1. The maximum absolute atomic E-state index is 12.2. The van der Waals surface area contributed by atoms with E-state index in [1.54, 1.807) is 37.4 Å². The molecule has 0 aliphatic carbocycles. The van der Waals surface area contributed by atoms with Crippen molar-refractivity contribution in [2.45, 2.75) is 6.54 Å². The van der Waals surface area contributed by atoms with Gasteiger partial charge in [0.05, 0.1) is 12.1 Å².